The Labute approximate surface area is 811 Å². The Morgan fingerprint density at radius 1 is 0.387 bits per heavy atom. The van der Waals surface area contributed by atoms with E-state index in [2.05, 4.69) is 271 Å². The summed E-state index contributed by atoms with van der Waals surface area (Å²) in [6.45, 7) is 12.0. The van der Waals surface area contributed by atoms with Crippen LogP contribution in [0, 0.1) is 0 Å². The normalized spacial score (nSPS) is 19.3. The number of rotatable bonds is 18. The van der Waals surface area contributed by atoms with Crippen LogP contribution in [-0.2, 0) is 36.8 Å². The number of carboxylic acid groups (broad SMARTS) is 2. The number of aromatic carboxylic acids is 1. The van der Waals surface area contributed by atoms with Gasteiger partial charge in [-0.15, -0.1) is 11.8 Å². The van der Waals surface area contributed by atoms with E-state index in [0.29, 0.717) is 58.4 Å². The summed E-state index contributed by atoms with van der Waals surface area (Å²) in [6, 6.07) is 107. The van der Waals surface area contributed by atoms with E-state index in [4.69, 9.17) is 9.84 Å². The third-order valence-corrected chi connectivity index (χ3v) is 29.1. The van der Waals surface area contributed by atoms with E-state index >= 15 is 0 Å². The van der Waals surface area contributed by atoms with E-state index < -0.39 is 18.0 Å². The van der Waals surface area contributed by atoms with Gasteiger partial charge in [0.1, 0.15) is 6.04 Å². The highest BCUT2D eigenvalue weighted by Crippen LogP contribution is 2.48. The number of carbonyl (C=O) groups excluding carboxylic acids is 5. The predicted molar refractivity (Wildman–Crippen MR) is 552 cm³/mol. The fourth-order valence-corrected chi connectivity index (χ4v) is 22.3. The molecule has 1 heterocycles. The van der Waals surface area contributed by atoms with Crippen LogP contribution < -0.4 is 16.0 Å². The molecule has 13 aromatic carbocycles. The van der Waals surface area contributed by atoms with Crippen LogP contribution in [0.1, 0.15) is 316 Å². The number of carbonyl (C=O) groups is 7. The van der Waals surface area contributed by atoms with Crippen molar-refractivity contribution in [1.82, 2.24) is 25.8 Å². The van der Waals surface area contributed by atoms with Gasteiger partial charge in [-0.1, -0.05) is 262 Å². The standard InChI is InChI=1S/C22H25NO3S.C22H23N.C20H21NO2.C20H22O2.C19H19NO3.C18H17N/c1-14-10-11-19(20-9-4-3-8-18(14)20)16-6-5-7-17(12-16)27-13-21(22(25)26)23-15(2)24;1-23(2)22-14-13-19(20-9-5-6-10-21(20)22)18-12-11-16-7-3-4-8-17(16)15-18;1-13(22)15-7-9-16(10-8-15)17-11-12-20(21-14(2)23)19-6-4-3-5-18(17)19;1-14(2)22-20(21)17-12-10-16(11-13-17)19-9-5-7-15-6-3-4-8-18(15)19;1-12(21)20-18-11-10-15(16-4-2-3-5-17(16)18)13-6-8-14(9-7-13)19(22)23;1-2-6-16-13(4-1)5-3-7-17(16)14-8-9-18-15(12-14)10-11-19-18/h3-9,12,14,19,21H,10-11,13H2,1-2H3,(H,23,24)(H,25,26);3-12,15,19,22H,13-14H2,1-2H3;3-10,17,20H,11-12H2,1-2H3,(H,21,23);3-4,6,8,10-14,19H,5,7,9H2,1-2H3;2-9,15,18H,10-11H2,1H3,(H,20,21)(H,22,23);1-2,4,6,8-12,17,19H,3,5,7H2/t14-,19?,21+;19?,22-;17?,20-;;15?,18-;/m111.1./s1. The predicted octanol–water partition coefficient (Wildman–Crippen LogP) is 26.6. The van der Waals surface area contributed by atoms with Crippen LogP contribution in [-0.4, -0.2) is 93.5 Å². The van der Waals surface area contributed by atoms with Crippen LogP contribution >= 0.6 is 11.8 Å². The molecule has 0 spiro atoms. The molecule has 702 valence electrons. The molecule has 0 radical (unpaired) electrons. The number of nitrogens with one attached hydrogen (secondary N) is 4. The van der Waals surface area contributed by atoms with Gasteiger partial charge >= 0.3 is 17.9 Å². The number of esters is 1. The Balaban J connectivity index is 0.000000125. The molecule has 6 unspecified atom stereocenters. The number of hydrogen-bond acceptors (Lipinski definition) is 10. The number of H-pyrrole nitrogens is 1. The maximum absolute atomic E-state index is 11.9. The van der Waals surface area contributed by atoms with E-state index in [1.54, 1.807) is 32.9 Å². The first kappa shape index (κ1) is 98.0. The number of aromatic amines is 1. The van der Waals surface area contributed by atoms with Crippen molar-refractivity contribution in [3.8, 4) is 0 Å². The van der Waals surface area contributed by atoms with Crippen LogP contribution in [0.5, 0.6) is 0 Å². The zero-order chi connectivity index (χ0) is 96.2. The van der Waals surface area contributed by atoms with Crippen molar-refractivity contribution in [3.63, 3.8) is 0 Å². The van der Waals surface area contributed by atoms with Crippen molar-refractivity contribution in [2.24, 2.45) is 0 Å². The minimum atomic E-state index is -1.01. The topological polar surface area (TPSA) is 224 Å². The third kappa shape index (κ3) is 24.7. The molecule has 11 atom stereocenters. The summed E-state index contributed by atoms with van der Waals surface area (Å²) >= 11 is 1.46. The summed E-state index contributed by atoms with van der Waals surface area (Å²) in [5, 5.41) is 30.8. The van der Waals surface area contributed by atoms with E-state index in [9.17, 15) is 38.7 Å². The Morgan fingerprint density at radius 3 is 1.31 bits per heavy atom. The SMILES string of the molecule is CC(=O)N[C@@H](CSc1cccc(C2CC[C@@H](C)c3ccccc32)c1)C(=O)O.CC(=O)N[C@@H]1CCC(c2ccc(C(=O)O)cc2)c2ccccc21.CC(=O)N[C@@H]1CCC(c2ccc(C(C)=O)cc2)c2ccccc21.CC(C)OC(=O)c1ccc(C2CCCc3ccccc32)cc1.CN(C)[C@@H]1CCC(c2ccc3ccccc3c2)c2ccccc21.c1ccc2c(c1)CCCC2c1ccc2[nH]ccc2c1. The van der Waals surface area contributed by atoms with Crippen LogP contribution in [0.25, 0.3) is 21.7 Å². The highest BCUT2D eigenvalue weighted by molar-refractivity contribution is 7.99. The monoisotopic (exact) mass is 1840 g/mol. The van der Waals surface area contributed by atoms with Gasteiger partial charge < -0.3 is 40.8 Å². The van der Waals surface area contributed by atoms with Crippen molar-refractivity contribution in [2.75, 3.05) is 19.8 Å². The van der Waals surface area contributed by atoms with Crippen LogP contribution in [0.3, 0.4) is 0 Å². The van der Waals surface area contributed by atoms with Gasteiger partial charge in [-0.2, -0.15) is 0 Å². The molecule has 0 bridgehead atoms. The first-order valence-corrected chi connectivity index (χ1v) is 49.6. The average Bonchev–Trinajstić information content (AvgIpc) is 1.10. The van der Waals surface area contributed by atoms with E-state index in [0.717, 1.165) is 53.7 Å². The van der Waals surface area contributed by atoms with Gasteiger partial charge in [0.25, 0.3) is 0 Å². The number of aryl methyl sites for hydroxylation is 2. The number of fused-ring (bicyclic) bond motifs is 8. The molecular weight excluding hydrogens is 1720 g/mol. The third-order valence-electron chi connectivity index (χ3n) is 28.0. The lowest BCUT2D eigenvalue weighted by Gasteiger charge is -2.35. The molecule has 0 aliphatic heterocycles. The molecule has 0 fully saturated rings. The lowest BCUT2D eigenvalue weighted by Crippen LogP contribution is -2.41. The fourth-order valence-electron chi connectivity index (χ4n) is 21.3. The van der Waals surface area contributed by atoms with Gasteiger partial charge in [-0.3, -0.25) is 19.2 Å². The van der Waals surface area contributed by atoms with Crippen molar-refractivity contribution in [3.05, 3.63) is 432 Å². The molecule has 0 saturated heterocycles. The second kappa shape index (κ2) is 46.3. The van der Waals surface area contributed by atoms with Crippen molar-refractivity contribution in [2.45, 2.75) is 215 Å². The molecule has 137 heavy (non-hydrogen) atoms. The molecule has 20 rings (SSSR count). The molecule has 6 aliphatic rings. The smallest absolute Gasteiger partial charge is 0.338 e. The molecule has 0 saturated carbocycles. The van der Waals surface area contributed by atoms with Crippen LogP contribution in [0.4, 0.5) is 0 Å². The van der Waals surface area contributed by atoms with Crippen molar-refractivity contribution < 1.29 is 48.5 Å². The number of benzene rings is 13. The second-order valence-corrected chi connectivity index (χ2v) is 38.9. The fraction of sp³-hybridized carbons (Fsp3) is 0.298. The Hall–Kier alpha value is -13.5. The minimum Gasteiger partial charge on any atom is -0.480 e. The molecule has 3 amide bonds. The number of hydrogen-bond donors (Lipinski definition) is 6. The zero-order valence-corrected chi connectivity index (χ0v) is 80.9. The van der Waals surface area contributed by atoms with Gasteiger partial charge in [-0.25, -0.2) is 14.4 Å². The number of aliphatic carboxylic acids is 1. The molecule has 6 N–H and O–H groups in total. The first-order valence-electron chi connectivity index (χ1n) is 48.6. The quantitative estimate of drug-likeness (QED) is 0.0268. The number of thioether (sulfide) groups is 1. The van der Waals surface area contributed by atoms with Gasteiger partial charge in [0.05, 0.1) is 29.3 Å². The lowest BCUT2D eigenvalue weighted by molar-refractivity contribution is -0.140. The highest BCUT2D eigenvalue weighted by atomic mass is 32.2. The lowest BCUT2D eigenvalue weighted by atomic mass is 9.75. The summed E-state index contributed by atoms with van der Waals surface area (Å²) in [5.41, 5.74) is 27.4. The Morgan fingerprint density at radius 2 is 0.803 bits per heavy atom. The molecule has 1 aromatic heterocycles. The van der Waals surface area contributed by atoms with E-state index in [1.165, 1.54) is 187 Å². The number of nitrogens with zero attached hydrogens (tertiary/aromatic N) is 1. The summed E-state index contributed by atoms with van der Waals surface area (Å²) in [7, 11) is 4.38. The Bertz CT molecular complexity index is 6430. The zero-order valence-electron chi connectivity index (χ0n) is 80.1. The van der Waals surface area contributed by atoms with Crippen molar-refractivity contribution in [1.29, 1.82) is 0 Å². The first-order chi connectivity index (χ1) is 66.4. The highest BCUT2D eigenvalue weighted by Gasteiger charge is 2.34. The maximum Gasteiger partial charge on any atom is 0.338 e. The number of carboxylic acids is 2. The number of aromatic nitrogens is 1. The maximum atomic E-state index is 11.9. The molecule has 15 nitrogen and oxygen atoms in total. The molecule has 14 aromatic rings. The average molecular weight is 1840 g/mol. The van der Waals surface area contributed by atoms with Gasteiger partial charge in [0.15, 0.2) is 5.78 Å². The summed E-state index contributed by atoms with van der Waals surface area (Å²) in [4.78, 5) is 86.3. The largest absolute Gasteiger partial charge is 0.480 e. The second-order valence-electron chi connectivity index (χ2n) is 37.8. The minimum absolute atomic E-state index is 0.00839. The molecule has 16 heteroatoms. The summed E-state index contributed by atoms with van der Waals surface area (Å²) in [6.07, 6.45) is 17.8. The summed E-state index contributed by atoms with van der Waals surface area (Å²) in [5.74, 6) is 0.941. The number of ether oxygens (including phenoxy) is 1. The van der Waals surface area contributed by atoms with Gasteiger partial charge in [-0.05, 0) is 302 Å². The molecular formula is C121H127N5O10S. The van der Waals surface area contributed by atoms with Crippen molar-refractivity contribution >= 4 is 74.8 Å². The van der Waals surface area contributed by atoms with Gasteiger partial charge in [0.2, 0.25) is 17.7 Å². The number of ketones is 1. The van der Waals surface area contributed by atoms with E-state index in [1.807, 2.05) is 92.8 Å². The van der Waals surface area contributed by atoms with E-state index in [-0.39, 0.29) is 53.6 Å². The molecule has 6 aliphatic carbocycles. The number of Topliss-reactive ketones (excluding diaryl/α,β-unsaturated/α-hetero) is 1. The van der Waals surface area contributed by atoms with Crippen LogP contribution in [0.2, 0.25) is 0 Å². The Kier molecular flexibility index (Phi) is 33.1. The number of amides is 3. The van der Waals surface area contributed by atoms with Gasteiger partial charge in [0, 0.05) is 90.2 Å². The van der Waals surface area contributed by atoms with Crippen LogP contribution in [0.15, 0.2) is 320 Å². The summed E-state index contributed by atoms with van der Waals surface area (Å²) < 4.78 is 5.24.